The second-order valence-electron chi connectivity index (χ2n) is 8.57. The van der Waals surface area contributed by atoms with Gasteiger partial charge in [-0.3, -0.25) is 9.59 Å². The lowest BCUT2D eigenvalue weighted by Gasteiger charge is -2.23. The number of hydrogen-bond donors (Lipinski definition) is 2. The Hall–Kier alpha value is -3.32. The predicted octanol–water partition coefficient (Wildman–Crippen LogP) is 2.40. The molecule has 31 heavy (non-hydrogen) atoms. The van der Waals surface area contributed by atoms with Gasteiger partial charge in [0, 0.05) is 23.6 Å². The number of nitrogens with one attached hydrogen (secondary N) is 2. The van der Waals surface area contributed by atoms with Crippen molar-refractivity contribution in [1.29, 1.82) is 0 Å². The second kappa shape index (κ2) is 6.85. The maximum Gasteiger partial charge on any atom is 0.230 e. The summed E-state index contributed by atoms with van der Waals surface area (Å²) < 4.78 is 11.6. The highest BCUT2D eigenvalue weighted by Gasteiger charge is 2.66. The van der Waals surface area contributed by atoms with Crippen molar-refractivity contribution in [3.63, 3.8) is 0 Å². The molecule has 2 bridgehead atoms. The fourth-order valence-corrected chi connectivity index (χ4v) is 5.38. The van der Waals surface area contributed by atoms with E-state index in [1.54, 1.807) is 17.2 Å². The van der Waals surface area contributed by atoms with E-state index in [1.807, 2.05) is 42.6 Å². The second-order valence-corrected chi connectivity index (χ2v) is 8.57. The lowest BCUT2D eigenvalue weighted by atomic mass is 9.77. The molecule has 2 fully saturated rings. The number of aromatic amines is 1. The molecule has 0 radical (unpaired) electrons. The Bertz CT molecular complexity index is 1180. The number of nitrogens with zero attached hydrogens (tertiary/aromatic N) is 1. The summed E-state index contributed by atoms with van der Waals surface area (Å²) in [5.74, 6) is -0.412. The summed E-state index contributed by atoms with van der Waals surface area (Å²) in [5, 5.41) is 4.21. The van der Waals surface area contributed by atoms with Crippen LogP contribution in [-0.4, -0.2) is 46.5 Å². The standard InChI is InChI=1S/C24H23N3O4/c28-22(25-10-8-15-12-26-18-6-2-1-5-17(15)18)20-19-7-9-24(31-19)14-27(23(29)21(20)24)13-16-4-3-11-30-16/h1-7,9,11-12,19-21,26H,8,10,13-14H2,(H,25,28)/t19?,20?,21?,24-/m1/s1. The Kier molecular flexibility index (Phi) is 4.08. The molecule has 7 heteroatoms. The van der Waals surface area contributed by atoms with E-state index in [2.05, 4.69) is 16.4 Å². The number of fused-ring (bicyclic) bond motifs is 2. The van der Waals surface area contributed by atoms with Gasteiger partial charge >= 0.3 is 0 Å². The predicted molar refractivity (Wildman–Crippen MR) is 113 cm³/mol. The number of carbonyl (C=O) groups excluding carboxylic acids is 2. The third-order valence-electron chi connectivity index (χ3n) is 6.78. The average molecular weight is 417 g/mol. The molecule has 1 spiro atoms. The van der Waals surface area contributed by atoms with E-state index < -0.39 is 17.4 Å². The number of aromatic nitrogens is 1. The molecule has 1 aromatic carbocycles. The Balaban J connectivity index is 1.15. The van der Waals surface area contributed by atoms with Gasteiger partial charge in [0.25, 0.3) is 0 Å². The van der Waals surface area contributed by atoms with Crippen molar-refractivity contribution >= 4 is 22.7 Å². The third-order valence-corrected chi connectivity index (χ3v) is 6.78. The van der Waals surface area contributed by atoms with Crippen LogP contribution in [-0.2, 0) is 27.3 Å². The number of amides is 2. The Morgan fingerprint density at radius 2 is 2.16 bits per heavy atom. The number of rotatable bonds is 6. The highest BCUT2D eigenvalue weighted by atomic mass is 16.5. The molecule has 7 nitrogen and oxygen atoms in total. The van der Waals surface area contributed by atoms with E-state index >= 15 is 0 Å². The lowest BCUT2D eigenvalue weighted by molar-refractivity contribution is -0.138. The number of H-pyrrole nitrogens is 1. The zero-order valence-corrected chi connectivity index (χ0v) is 16.9. The molecule has 2 N–H and O–H groups in total. The molecular formula is C24H23N3O4. The molecule has 158 valence electrons. The van der Waals surface area contributed by atoms with Crippen molar-refractivity contribution in [3.05, 3.63) is 72.3 Å². The van der Waals surface area contributed by atoms with Crippen molar-refractivity contribution in [2.45, 2.75) is 24.7 Å². The Labute approximate surface area is 179 Å². The third kappa shape index (κ3) is 2.84. The van der Waals surface area contributed by atoms with Crippen molar-refractivity contribution < 1.29 is 18.7 Å². The number of para-hydroxylation sites is 1. The summed E-state index contributed by atoms with van der Waals surface area (Å²) >= 11 is 0. The first-order chi connectivity index (χ1) is 15.1. The molecule has 2 saturated heterocycles. The van der Waals surface area contributed by atoms with Crippen LogP contribution in [0.5, 0.6) is 0 Å². The molecule has 3 aliphatic rings. The highest BCUT2D eigenvalue weighted by molar-refractivity contribution is 5.93. The summed E-state index contributed by atoms with van der Waals surface area (Å²) in [5.41, 5.74) is 1.55. The van der Waals surface area contributed by atoms with Gasteiger partial charge in [0.05, 0.1) is 37.3 Å². The number of furan rings is 1. The minimum atomic E-state index is -0.701. The fraction of sp³-hybridized carbons (Fsp3) is 0.333. The van der Waals surface area contributed by atoms with E-state index in [4.69, 9.17) is 9.15 Å². The summed E-state index contributed by atoms with van der Waals surface area (Å²) in [4.78, 5) is 31.3. The fourth-order valence-electron chi connectivity index (χ4n) is 5.38. The number of hydrogen-bond acceptors (Lipinski definition) is 4. The van der Waals surface area contributed by atoms with Crippen molar-refractivity contribution in [3.8, 4) is 0 Å². The van der Waals surface area contributed by atoms with Crippen LogP contribution in [0.25, 0.3) is 10.9 Å². The van der Waals surface area contributed by atoms with Gasteiger partial charge in [-0.1, -0.05) is 30.4 Å². The summed E-state index contributed by atoms with van der Waals surface area (Å²) in [7, 11) is 0. The molecule has 3 aromatic rings. The van der Waals surface area contributed by atoms with Gasteiger partial charge in [-0.05, 0) is 30.2 Å². The maximum atomic E-state index is 13.2. The van der Waals surface area contributed by atoms with Crippen LogP contribution in [0.1, 0.15) is 11.3 Å². The van der Waals surface area contributed by atoms with Gasteiger partial charge in [-0.2, -0.15) is 0 Å². The van der Waals surface area contributed by atoms with Crippen LogP contribution in [0, 0.1) is 11.8 Å². The molecular weight excluding hydrogens is 394 g/mol. The molecule has 3 aliphatic heterocycles. The number of ether oxygens (including phenoxy) is 1. The van der Waals surface area contributed by atoms with Gasteiger partial charge in [0.2, 0.25) is 11.8 Å². The average Bonchev–Trinajstić information content (AvgIpc) is 3.58. The first-order valence-electron chi connectivity index (χ1n) is 10.7. The molecule has 2 amide bonds. The smallest absolute Gasteiger partial charge is 0.230 e. The van der Waals surface area contributed by atoms with Gasteiger partial charge in [0.1, 0.15) is 11.4 Å². The first kappa shape index (κ1) is 18.4. The topological polar surface area (TPSA) is 87.6 Å². The molecule has 2 aromatic heterocycles. The molecule has 3 unspecified atom stereocenters. The monoisotopic (exact) mass is 417 g/mol. The van der Waals surface area contributed by atoms with E-state index in [9.17, 15) is 9.59 Å². The van der Waals surface area contributed by atoms with Crippen LogP contribution < -0.4 is 5.32 Å². The van der Waals surface area contributed by atoms with E-state index in [0.29, 0.717) is 19.6 Å². The van der Waals surface area contributed by atoms with Gasteiger partial charge in [-0.25, -0.2) is 0 Å². The minimum Gasteiger partial charge on any atom is -0.467 e. The summed E-state index contributed by atoms with van der Waals surface area (Å²) in [6.07, 6.45) is 7.87. The number of carbonyl (C=O) groups is 2. The largest absolute Gasteiger partial charge is 0.467 e. The van der Waals surface area contributed by atoms with Gasteiger partial charge in [0.15, 0.2) is 0 Å². The molecule has 0 aliphatic carbocycles. The Morgan fingerprint density at radius 3 is 3.03 bits per heavy atom. The van der Waals surface area contributed by atoms with Crippen LogP contribution in [0.3, 0.4) is 0 Å². The van der Waals surface area contributed by atoms with E-state index in [0.717, 1.165) is 23.3 Å². The zero-order chi connectivity index (χ0) is 21.0. The highest BCUT2D eigenvalue weighted by Crippen LogP contribution is 2.52. The Morgan fingerprint density at radius 1 is 1.26 bits per heavy atom. The summed E-state index contributed by atoms with van der Waals surface area (Å²) in [6, 6.07) is 11.8. The number of benzene rings is 1. The van der Waals surface area contributed by atoms with Crippen LogP contribution >= 0.6 is 0 Å². The SMILES string of the molecule is O=C(NCCc1c[nH]c2ccccc12)C1C2C=C[C@]3(CN(Cc4ccco4)C(=O)C13)O2. The van der Waals surface area contributed by atoms with Crippen molar-refractivity contribution in [1.82, 2.24) is 15.2 Å². The van der Waals surface area contributed by atoms with Crippen LogP contribution in [0.2, 0.25) is 0 Å². The first-order valence-corrected chi connectivity index (χ1v) is 10.7. The molecule has 5 heterocycles. The lowest BCUT2D eigenvalue weighted by Crippen LogP contribution is -2.44. The summed E-state index contributed by atoms with van der Waals surface area (Å²) in [6.45, 7) is 1.35. The van der Waals surface area contributed by atoms with Gasteiger partial charge in [-0.15, -0.1) is 0 Å². The minimum absolute atomic E-state index is 0.0416. The zero-order valence-electron chi connectivity index (χ0n) is 16.9. The molecule has 6 rings (SSSR count). The normalized spacial score (nSPS) is 28.6. The van der Waals surface area contributed by atoms with E-state index in [-0.39, 0.29) is 17.9 Å². The van der Waals surface area contributed by atoms with Crippen molar-refractivity contribution in [2.75, 3.05) is 13.1 Å². The molecule has 4 atom stereocenters. The maximum absolute atomic E-state index is 13.2. The van der Waals surface area contributed by atoms with Crippen LogP contribution in [0.4, 0.5) is 0 Å². The van der Waals surface area contributed by atoms with Crippen molar-refractivity contribution in [2.24, 2.45) is 11.8 Å². The quantitative estimate of drug-likeness (QED) is 0.603. The molecule has 0 saturated carbocycles. The van der Waals surface area contributed by atoms with E-state index in [1.165, 1.54) is 5.39 Å². The number of likely N-dealkylation sites (tertiary alicyclic amines) is 1. The van der Waals surface area contributed by atoms with Crippen LogP contribution in [0.15, 0.2) is 65.4 Å². The van der Waals surface area contributed by atoms with Gasteiger partial charge < -0.3 is 24.4 Å².